The summed E-state index contributed by atoms with van der Waals surface area (Å²) in [6.07, 6.45) is 1.18. The topological polar surface area (TPSA) is 62.7 Å². The van der Waals surface area contributed by atoms with Gasteiger partial charge in [0, 0.05) is 24.0 Å². The molecule has 0 bridgehead atoms. The number of carbonyl (C=O) groups is 1. The molecule has 0 unspecified atom stereocenters. The van der Waals surface area contributed by atoms with E-state index >= 15 is 0 Å². The van der Waals surface area contributed by atoms with Gasteiger partial charge < -0.3 is 14.7 Å². The molecule has 6 heteroatoms. The Kier molecular flexibility index (Phi) is 4.93. The number of hydrogen-bond donors (Lipinski definition) is 1. The predicted octanol–water partition coefficient (Wildman–Crippen LogP) is 2.81. The third kappa shape index (κ3) is 3.71. The van der Waals surface area contributed by atoms with Gasteiger partial charge in [0.1, 0.15) is 16.5 Å². The van der Waals surface area contributed by atoms with Crippen LogP contribution in [0.2, 0.25) is 0 Å². The van der Waals surface area contributed by atoms with Gasteiger partial charge >= 0.3 is 0 Å². The highest BCUT2D eigenvalue weighted by Gasteiger charge is 2.24. The smallest absolute Gasteiger partial charge is 0.273 e. The van der Waals surface area contributed by atoms with E-state index in [0.717, 1.165) is 29.2 Å². The zero-order valence-corrected chi connectivity index (χ0v) is 13.9. The van der Waals surface area contributed by atoms with E-state index in [4.69, 9.17) is 4.74 Å². The molecular formula is C17H20N2O3S. The van der Waals surface area contributed by atoms with Crippen LogP contribution in [0.15, 0.2) is 29.6 Å². The Morgan fingerprint density at radius 3 is 2.91 bits per heavy atom. The third-order valence-corrected chi connectivity index (χ3v) is 4.71. The highest BCUT2D eigenvalue weighted by atomic mass is 32.1. The van der Waals surface area contributed by atoms with Crippen molar-refractivity contribution < 1.29 is 14.6 Å². The number of aromatic nitrogens is 1. The minimum atomic E-state index is -0.420. The van der Waals surface area contributed by atoms with Gasteiger partial charge in [-0.2, -0.15) is 0 Å². The molecule has 0 spiro atoms. The fourth-order valence-corrected chi connectivity index (χ4v) is 3.47. The number of amides is 1. The molecule has 1 amide bonds. The van der Waals surface area contributed by atoms with Crippen LogP contribution in [0.1, 0.15) is 30.3 Å². The lowest BCUT2D eigenvalue weighted by molar-refractivity contribution is 0.0469. The average Bonchev–Trinajstić information content (AvgIpc) is 3.05. The molecule has 2 heterocycles. The van der Waals surface area contributed by atoms with Crippen LogP contribution in [-0.4, -0.2) is 46.7 Å². The second-order valence-electron chi connectivity index (χ2n) is 5.54. The number of aliphatic hydroxyl groups excluding tert-OH is 1. The molecule has 1 aliphatic heterocycles. The lowest BCUT2D eigenvalue weighted by Crippen LogP contribution is -2.42. The molecule has 1 aliphatic rings. The van der Waals surface area contributed by atoms with E-state index in [2.05, 4.69) is 4.98 Å². The molecule has 1 aromatic carbocycles. The Morgan fingerprint density at radius 1 is 1.43 bits per heavy atom. The van der Waals surface area contributed by atoms with Crippen molar-refractivity contribution in [2.75, 3.05) is 19.7 Å². The van der Waals surface area contributed by atoms with Gasteiger partial charge in [-0.15, -0.1) is 11.3 Å². The van der Waals surface area contributed by atoms with Crippen molar-refractivity contribution in [2.24, 2.45) is 0 Å². The first-order chi connectivity index (χ1) is 11.2. The molecule has 1 aromatic heterocycles. The SMILES string of the molecule is CCOc1ccc(-c2nc(C(=O)N3CCC[C@H](O)C3)cs2)cc1. The van der Waals surface area contributed by atoms with Crippen LogP contribution in [0.3, 0.4) is 0 Å². The Labute approximate surface area is 139 Å². The number of carbonyl (C=O) groups excluding carboxylic acids is 1. The summed E-state index contributed by atoms with van der Waals surface area (Å²) < 4.78 is 5.43. The van der Waals surface area contributed by atoms with Crippen molar-refractivity contribution in [2.45, 2.75) is 25.9 Å². The fourth-order valence-electron chi connectivity index (χ4n) is 2.67. The maximum atomic E-state index is 12.5. The lowest BCUT2D eigenvalue weighted by atomic mass is 10.1. The largest absolute Gasteiger partial charge is 0.494 e. The number of rotatable bonds is 4. The van der Waals surface area contributed by atoms with Crippen LogP contribution in [0.4, 0.5) is 0 Å². The van der Waals surface area contributed by atoms with Gasteiger partial charge in [-0.1, -0.05) is 0 Å². The molecule has 1 N–H and O–H groups in total. The number of aliphatic hydroxyl groups is 1. The lowest BCUT2D eigenvalue weighted by Gasteiger charge is -2.29. The monoisotopic (exact) mass is 332 g/mol. The third-order valence-electron chi connectivity index (χ3n) is 3.82. The van der Waals surface area contributed by atoms with Crippen molar-refractivity contribution in [3.63, 3.8) is 0 Å². The van der Waals surface area contributed by atoms with Crippen LogP contribution >= 0.6 is 11.3 Å². The van der Waals surface area contributed by atoms with E-state index in [1.807, 2.05) is 31.2 Å². The summed E-state index contributed by atoms with van der Waals surface area (Å²) in [5.41, 5.74) is 1.42. The maximum Gasteiger partial charge on any atom is 0.273 e. The number of hydrogen-bond acceptors (Lipinski definition) is 5. The molecule has 0 radical (unpaired) electrons. The molecule has 1 fully saturated rings. The Morgan fingerprint density at radius 2 is 2.22 bits per heavy atom. The van der Waals surface area contributed by atoms with E-state index in [0.29, 0.717) is 25.4 Å². The van der Waals surface area contributed by atoms with Crippen molar-refractivity contribution in [3.8, 4) is 16.3 Å². The Hall–Kier alpha value is -1.92. The van der Waals surface area contributed by atoms with Gasteiger partial charge in [0.25, 0.3) is 5.91 Å². The minimum Gasteiger partial charge on any atom is -0.494 e. The van der Waals surface area contributed by atoms with Gasteiger partial charge in [-0.25, -0.2) is 4.98 Å². The number of β-amino-alcohol motifs (C(OH)–C–C–N with tert-alkyl or cyclic N) is 1. The van der Waals surface area contributed by atoms with Crippen molar-refractivity contribution >= 4 is 17.2 Å². The first kappa shape index (κ1) is 16.0. The van der Waals surface area contributed by atoms with Crippen LogP contribution in [0.5, 0.6) is 5.75 Å². The van der Waals surface area contributed by atoms with Gasteiger partial charge in [-0.05, 0) is 44.0 Å². The predicted molar refractivity (Wildman–Crippen MR) is 89.9 cm³/mol. The standard InChI is InChI=1S/C17H20N2O3S/c1-2-22-14-7-5-12(6-8-14)16-18-15(11-23-16)17(21)19-9-3-4-13(20)10-19/h5-8,11,13,20H,2-4,9-10H2,1H3/t13-/m0/s1. The number of ether oxygens (including phenoxy) is 1. The van der Waals surface area contributed by atoms with Crippen LogP contribution in [0.25, 0.3) is 10.6 Å². The Balaban J connectivity index is 1.73. The number of piperidine rings is 1. The molecule has 1 atom stereocenters. The van der Waals surface area contributed by atoms with E-state index in [9.17, 15) is 9.90 Å². The molecule has 0 saturated carbocycles. The highest BCUT2D eigenvalue weighted by Crippen LogP contribution is 2.26. The molecule has 23 heavy (non-hydrogen) atoms. The fraction of sp³-hybridized carbons (Fsp3) is 0.412. The summed E-state index contributed by atoms with van der Waals surface area (Å²) in [6.45, 7) is 3.67. The van der Waals surface area contributed by atoms with E-state index in [1.165, 1.54) is 11.3 Å². The summed E-state index contributed by atoms with van der Waals surface area (Å²) in [5.74, 6) is 0.726. The molecule has 1 saturated heterocycles. The van der Waals surface area contributed by atoms with Gasteiger partial charge in [-0.3, -0.25) is 4.79 Å². The number of benzene rings is 1. The molecule has 2 aromatic rings. The van der Waals surface area contributed by atoms with E-state index in [1.54, 1.807) is 10.3 Å². The van der Waals surface area contributed by atoms with E-state index < -0.39 is 6.10 Å². The van der Waals surface area contributed by atoms with Crippen LogP contribution in [-0.2, 0) is 0 Å². The summed E-state index contributed by atoms with van der Waals surface area (Å²) in [5, 5.41) is 12.3. The molecular weight excluding hydrogens is 312 g/mol. The molecule has 3 rings (SSSR count). The van der Waals surface area contributed by atoms with Gasteiger partial charge in [0.15, 0.2) is 0 Å². The van der Waals surface area contributed by atoms with Gasteiger partial charge in [0.05, 0.1) is 12.7 Å². The normalized spacial score (nSPS) is 18.0. The quantitative estimate of drug-likeness (QED) is 0.935. The first-order valence-corrected chi connectivity index (χ1v) is 8.71. The average molecular weight is 332 g/mol. The van der Waals surface area contributed by atoms with Gasteiger partial charge in [0.2, 0.25) is 0 Å². The van der Waals surface area contributed by atoms with Crippen LogP contribution in [0, 0.1) is 0 Å². The van der Waals surface area contributed by atoms with Crippen molar-refractivity contribution in [3.05, 3.63) is 35.3 Å². The maximum absolute atomic E-state index is 12.5. The Bertz CT molecular complexity index is 669. The molecule has 122 valence electrons. The minimum absolute atomic E-state index is 0.0998. The number of thiazole rings is 1. The summed E-state index contributed by atoms with van der Waals surface area (Å²) in [6, 6.07) is 7.71. The molecule has 0 aliphatic carbocycles. The summed E-state index contributed by atoms with van der Waals surface area (Å²) >= 11 is 1.45. The molecule has 5 nitrogen and oxygen atoms in total. The summed E-state index contributed by atoms with van der Waals surface area (Å²) in [4.78, 5) is 18.6. The second-order valence-corrected chi connectivity index (χ2v) is 6.40. The number of likely N-dealkylation sites (tertiary alicyclic amines) is 1. The van der Waals surface area contributed by atoms with Crippen LogP contribution < -0.4 is 4.74 Å². The number of nitrogens with zero attached hydrogens (tertiary/aromatic N) is 2. The van der Waals surface area contributed by atoms with Crippen molar-refractivity contribution in [1.82, 2.24) is 9.88 Å². The second kappa shape index (κ2) is 7.10. The zero-order valence-electron chi connectivity index (χ0n) is 13.1. The van der Waals surface area contributed by atoms with Crippen molar-refractivity contribution in [1.29, 1.82) is 0 Å². The first-order valence-electron chi connectivity index (χ1n) is 7.83. The summed E-state index contributed by atoms with van der Waals surface area (Å²) in [7, 11) is 0. The zero-order chi connectivity index (χ0) is 16.2. The van der Waals surface area contributed by atoms with E-state index in [-0.39, 0.29) is 5.91 Å². The highest BCUT2D eigenvalue weighted by molar-refractivity contribution is 7.13.